The molecular formula is C18H20FNS. The average Bonchev–Trinajstić information content (AvgIpc) is 2.49. The summed E-state index contributed by atoms with van der Waals surface area (Å²) >= 11 is 1.63. The van der Waals surface area contributed by atoms with E-state index in [4.69, 9.17) is 0 Å². The van der Waals surface area contributed by atoms with Gasteiger partial charge in [0.05, 0.1) is 0 Å². The van der Waals surface area contributed by atoms with Gasteiger partial charge in [0, 0.05) is 17.0 Å². The molecule has 0 saturated carbocycles. The normalized spacial score (nSPS) is 19.1. The van der Waals surface area contributed by atoms with Crippen LogP contribution in [0.1, 0.15) is 42.1 Å². The maximum atomic E-state index is 13.9. The molecule has 0 radical (unpaired) electrons. The summed E-state index contributed by atoms with van der Waals surface area (Å²) in [7, 11) is 0. The lowest BCUT2D eigenvalue weighted by Gasteiger charge is -2.29. The first-order valence-corrected chi connectivity index (χ1v) is 8.37. The Morgan fingerprint density at radius 2 is 1.95 bits per heavy atom. The highest BCUT2D eigenvalue weighted by atomic mass is 32.2. The van der Waals surface area contributed by atoms with Crippen LogP contribution in [0.25, 0.3) is 0 Å². The lowest BCUT2D eigenvalue weighted by atomic mass is 10.00. The summed E-state index contributed by atoms with van der Waals surface area (Å²) in [4.78, 5) is 0.817. The molecule has 110 valence electrons. The molecule has 1 unspecified atom stereocenters. The van der Waals surface area contributed by atoms with Crippen LogP contribution in [0, 0.1) is 12.7 Å². The highest BCUT2D eigenvalue weighted by Gasteiger charge is 2.24. The molecule has 0 spiro atoms. The Kier molecular flexibility index (Phi) is 4.32. The van der Waals surface area contributed by atoms with Gasteiger partial charge in [-0.2, -0.15) is 0 Å². The lowest BCUT2D eigenvalue weighted by Crippen LogP contribution is -2.27. The molecule has 21 heavy (non-hydrogen) atoms. The molecular weight excluding hydrogens is 281 g/mol. The van der Waals surface area contributed by atoms with Crippen LogP contribution in [0.15, 0.2) is 47.4 Å². The van der Waals surface area contributed by atoms with Gasteiger partial charge in [0.15, 0.2) is 0 Å². The van der Waals surface area contributed by atoms with E-state index in [0.29, 0.717) is 0 Å². The third-order valence-electron chi connectivity index (χ3n) is 4.05. The second-order valence-electron chi connectivity index (χ2n) is 5.65. The maximum absolute atomic E-state index is 13.9. The van der Waals surface area contributed by atoms with Crippen LogP contribution in [0.4, 0.5) is 4.39 Å². The summed E-state index contributed by atoms with van der Waals surface area (Å²) in [5.41, 5.74) is 3.65. The van der Waals surface area contributed by atoms with Gasteiger partial charge >= 0.3 is 0 Å². The molecule has 2 atom stereocenters. The van der Waals surface area contributed by atoms with E-state index in [9.17, 15) is 4.39 Å². The summed E-state index contributed by atoms with van der Waals surface area (Å²) in [6.07, 6.45) is 1.04. The van der Waals surface area contributed by atoms with Crippen molar-refractivity contribution in [1.82, 2.24) is 5.32 Å². The number of rotatable bonds is 3. The smallest absolute Gasteiger partial charge is 0.137 e. The Morgan fingerprint density at radius 1 is 1.19 bits per heavy atom. The SMILES string of the molecule is Cc1ccc([C@@H](C)NC2CCSc3c(F)cccc32)cc1. The number of nitrogens with one attached hydrogen (secondary N) is 1. The molecule has 2 aromatic carbocycles. The fraction of sp³-hybridized carbons (Fsp3) is 0.333. The molecule has 2 aromatic rings. The predicted octanol–water partition coefficient (Wildman–Crippen LogP) is 5.02. The molecule has 1 nitrogen and oxygen atoms in total. The van der Waals surface area contributed by atoms with Crippen molar-refractivity contribution in [2.45, 2.75) is 37.2 Å². The highest BCUT2D eigenvalue weighted by Crippen LogP contribution is 2.38. The number of aryl methyl sites for hydroxylation is 1. The monoisotopic (exact) mass is 301 g/mol. The zero-order valence-electron chi connectivity index (χ0n) is 12.4. The predicted molar refractivity (Wildman–Crippen MR) is 87.2 cm³/mol. The first-order valence-electron chi connectivity index (χ1n) is 7.39. The van der Waals surface area contributed by atoms with E-state index in [0.717, 1.165) is 22.6 Å². The van der Waals surface area contributed by atoms with Crippen LogP contribution < -0.4 is 5.32 Å². The largest absolute Gasteiger partial charge is 0.303 e. The standard InChI is InChI=1S/C18H20FNS/c1-12-6-8-14(9-7-12)13(2)20-17-10-11-21-18-15(17)4-3-5-16(18)19/h3-9,13,17,20H,10-11H2,1-2H3/t13-,17?/m1/s1. The van der Waals surface area contributed by atoms with Gasteiger partial charge in [-0.1, -0.05) is 42.0 Å². The summed E-state index contributed by atoms with van der Waals surface area (Å²) in [5.74, 6) is 0.874. The van der Waals surface area contributed by atoms with Gasteiger partial charge in [0.25, 0.3) is 0 Å². The van der Waals surface area contributed by atoms with Crippen LogP contribution >= 0.6 is 11.8 Å². The minimum atomic E-state index is -0.0908. The Bertz CT molecular complexity index is 624. The van der Waals surface area contributed by atoms with E-state index in [-0.39, 0.29) is 17.9 Å². The summed E-state index contributed by atoms with van der Waals surface area (Å²) < 4.78 is 13.9. The average molecular weight is 301 g/mol. The van der Waals surface area contributed by atoms with Gasteiger partial charge in [-0.05, 0) is 43.2 Å². The van der Waals surface area contributed by atoms with Crippen LogP contribution in [0.5, 0.6) is 0 Å². The molecule has 1 N–H and O–H groups in total. The fourth-order valence-electron chi connectivity index (χ4n) is 2.81. The topological polar surface area (TPSA) is 12.0 Å². The Hall–Kier alpha value is -1.32. The van der Waals surface area contributed by atoms with Crippen LogP contribution in [-0.2, 0) is 0 Å². The first-order chi connectivity index (χ1) is 10.1. The van der Waals surface area contributed by atoms with E-state index in [1.54, 1.807) is 17.8 Å². The van der Waals surface area contributed by atoms with E-state index in [1.807, 2.05) is 12.1 Å². The third kappa shape index (κ3) is 3.14. The Labute approximate surface area is 130 Å². The third-order valence-corrected chi connectivity index (χ3v) is 5.21. The Morgan fingerprint density at radius 3 is 2.71 bits per heavy atom. The van der Waals surface area contributed by atoms with Crippen molar-refractivity contribution in [1.29, 1.82) is 0 Å². The number of fused-ring (bicyclic) bond motifs is 1. The second-order valence-corrected chi connectivity index (χ2v) is 6.75. The summed E-state index contributed by atoms with van der Waals surface area (Å²) in [6, 6.07) is 14.5. The van der Waals surface area contributed by atoms with Gasteiger partial charge in [-0.3, -0.25) is 0 Å². The molecule has 3 rings (SSSR count). The van der Waals surface area contributed by atoms with Crippen molar-refractivity contribution in [2.24, 2.45) is 0 Å². The van der Waals surface area contributed by atoms with Gasteiger partial charge in [-0.15, -0.1) is 11.8 Å². The van der Waals surface area contributed by atoms with E-state index in [1.165, 1.54) is 11.1 Å². The van der Waals surface area contributed by atoms with Gasteiger partial charge in [0.2, 0.25) is 0 Å². The van der Waals surface area contributed by atoms with Crippen LogP contribution in [-0.4, -0.2) is 5.75 Å². The van der Waals surface area contributed by atoms with Gasteiger partial charge in [0.1, 0.15) is 5.82 Å². The number of benzene rings is 2. The molecule has 0 fully saturated rings. The van der Waals surface area contributed by atoms with Crippen molar-refractivity contribution in [3.63, 3.8) is 0 Å². The zero-order valence-corrected chi connectivity index (χ0v) is 13.2. The molecule has 0 aliphatic carbocycles. The summed E-state index contributed by atoms with van der Waals surface area (Å²) in [5, 5.41) is 3.66. The molecule has 1 heterocycles. The molecule has 0 aromatic heterocycles. The van der Waals surface area contributed by atoms with Crippen LogP contribution in [0.3, 0.4) is 0 Å². The van der Waals surface area contributed by atoms with E-state index < -0.39 is 0 Å². The fourth-order valence-corrected chi connectivity index (χ4v) is 3.95. The number of thioether (sulfide) groups is 1. The van der Waals surface area contributed by atoms with Crippen LogP contribution in [0.2, 0.25) is 0 Å². The lowest BCUT2D eigenvalue weighted by molar-refractivity contribution is 0.444. The molecule has 0 bridgehead atoms. The van der Waals surface area contributed by atoms with Crippen molar-refractivity contribution in [2.75, 3.05) is 5.75 Å². The molecule has 1 aliphatic rings. The van der Waals surface area contributed by atoms with Crippen molar-refractivity contribution >= 4 is 11.8 Å². The molecule has 0 amide bonds. The highest BCUT2D eigenvalue weighted by molar-refractivity contribution is 7.99. The number of halogens is 1. The van der Waals surface area contributed by atoms with Gasteiger partial charge in [-0.25, -0.2) is 4.39 Å². The van der Waals surface area contributed by atoms with E-state index in [2.05, 4.69) is 43.4 Å². The van der Waals surface area contributed by atoms with Gasteiger partial charge < -0.3 is 5.32 Å². The number of hydrogen-bond acceptors (Lipinski definition) is 2. The second kappa shape index (κ2) is 6.20. The zero-order chi connectivity index (χ0) is 14.8. The quantitative estimate of drug-likeness (QED) is 0.854. The van der Waals surface area contributed by atoms with E-state index >= 15 is 0 Å². The number of hydrogen-bond donors (Lipinski definition) is 1. The van der Waals surface area contributed by atoms with Crippen molar-refractivity contribution in [3.8, 4) is 0 Å². The minimum Gasteiger partial charge on any atom is -0.303 e. The van der Waals surface area contributed by atoms with Crippen molar-refractivity contribution in [3.05, 3.63) is 65.0 Å². The molecule has 1 aliphatic heterocycles. The maximum Gasteiger partial charge on any atom is 0.137 e. The minimum absolute atomic E-state index is 0.0908. The Balaban J connectivity index is 1.80. The van der Waals surface area contributed by atoms with Crippen molar-refractivity contribution < 1.29 is 4.39 Å². The first kappa shape index (κ1) is 14.6. The molecule has 0 saturated heterocycles. The summed E-state index contributed by atoms with van der Waals surface area (Å²) in [6.45, 7) is 4.27. The molecule has 3 heteroatoms.